The Morgan fingerprint density at radius 3 is 0.984 bits per heavy atom. The molecule has 32 nitrogen and oxygen atoms in total. The second kappa shape index (κ2) is 33.5. The summed E-state index contributed by atoms with van der Waals surface area (Å²) < 4.78 is 7.53. The highest BCUT2D eigenvalue weighted by atomic mass is 32.1. The van der Waals surface area contributed by atoms with E-state index in [0.717, 1.165) is 21.1 Å². The standard InChI is InChI=1S/C31H21N5O6.C30H18N4O7.C30H18N4O6S/c1-36-20(14-26(37)16-2-10-22-24(12-16)30(41)34-28(22)39)8-9-21(36)15-32-18-4-6-19(7-5-18)33-27(38)17-3-11-23-25(13-17)31(42)35-29(23)40;2*35-25(15-1-9-21-23(11-15)29(39)33-27(21)37)13-19-7-8-20(41-19)14-31-17-3-5-18(6-4-17)32-26(36)16-2-10-22-24(12-16)30(40)34-28(22)38/h2-13,15H,14H2,1H3,(H,33,38)(H,34,39,41)(H,35,40,42);2*1-12,14H,13H2,(H,32,36)(H,33,37,39)(H,34,38,40). The zero-order chi connectivity index (χ0) is 86.9. The van der Waals surface area contributed by atoms with Gasteiger partial charge in [-0.15, -0.1) is 11.3 Å². The summed E-state index contributed by atoms with van der Waals surface area (Å²) in [4.78, 5) is 233. The van der Waals surface area contributed by atoms with Crippen molar-refractivity contribution in [2.45, 2.75) is 19.3 Å². The number of nitrogens with zero attached hydrogens (tertiary/aromatic N) is 4. The third kappa shape index (κ3) is 17.0. The molecule has 33 heteroatoms. The Bertz CT molecular complexity index is 6630. The number of ketones is 3. The van der Waals surface area contributed by atoms with Crippen LogP contribution < -0.4 is 47.9 Å². The minimum absolute atomic E-state index is 0.0399. The van der Waals surface area contributed by atoms with Gasteiger partial charge in [0.25, 0.3) is 88.6 Å². The van der Waals surface area contributed by atoms with Crippen molar-refractivity contribution in [2.24, 2.45) is 22.0 Å². The van der Waals surface area contributed by atoms with Gasteiger partial charge in [-0.3, -0.25) is 133 Å². The van der Waals surface area contributed by atoms with E-state index in [0.29, 0.717) is 62.3 Å². The minimum atomic E-state index is -0.537. The molecule has 18 rings (SSSR count). The number of Topliss-reactive ketones (excluding diaryl/α,β-unsaturated/α-hetero) is 3. The number of furan rings is 1. The van der Waals surface area contributed by atoms with Gasteiger partial charge in [0.05, 0.1) is 115 Å². The van der Waals surface area contributed by atoms with Crippen LogP contribution in [0.3, 0.4) is 0 Å². The van der Waals surface area contributed by atoms with Gasteiger partial charge < -0.3 is 24.9 Å². The van der Waals surface area contributed by atoms with Crippen molar-refractivity contribution in [2.75, 3.05) is 16.0 Å². The van der Waals surface area contributed by atoms with Crippen LogP contribution in [0, 0.1) is 0 Å². The Balaban J connectivity index is 0.000000137. The number of aliphatic imine (C=N–C) groups is 3. The molecule has 12 aromatic rings. The highest BCUT2D eigenvalue weighted by Crippen LogP contribution is 2.29. The van der Waals surface area contributed by atoms with Crippen molar-refractivity contribution in [3.8, 4) is 0 Å². The fourth-order valence-electron chi connectivity index (χ4n) is 13.7. The van der Waals surface area contributed by atoms with E-state index in [2.05, 4.69) is 62.8 Å². The summed E-state index contributed by atoms with van der Waals surface area (Å²) in [6.07, 6.45) is 5.02. The van der Waals surface area contributed by atoms with Crippen molar-refractivity contribution >= 4 is 170 Å². The number of nitrogens with one attached hydrogen (secondary N) is 9. The fourth-order valence-corrected chi connectivity index (χ4v) is 14.5. The molecule has 3 aromatic heterocycles. The third-order valence-corrected chi connectivity index (χ3v) is 21.2. The lowest BCUT2D eigenvalue weighted by molar-refractivity contribution is 0.0863. The molecule has 15 amide bonds. The molecule has 9 aromatic carbocycles. The monoisotopic (exact) mass is 1670 g/mol. The lowest BCUT2D eigenvalue weighted by Gasteiger charge is -2.07. The second-order valence-electron chi connectivity index (χ2n) is 28.3. The average Bonchev–Trinajstić information content (AvgIpc) is 1.67. The zero-order valence-electron chi connectivity index (χ0n) is 64.1. The summed E-state index contributed by atoms with van der Waals surface area (Å²) in [5, 5.41) is 21.5. The Labute approximate surface area is 702 Å². The van der Waals surface area contributed by atoms with Gasteiger partial charge in [0, 0.05) is 85.6 Å². The topological polar surface area (TPSA) is 471 Å². The molecule has 9 N–H and O–H groups in total. The van der Waals surface area contributed by atoms with Crippen LogP contribution in [0.2, 0.25) is 0 Å². The fraction of sp³-hybridized carbons (Fsp3) is 0.0440. The molecule has 0 aliphatic carbocycles. The van der Waals surface area contributed by atoms with E-state index in [1.807, 2.05) is 35.9 Å². The first-order chi connectivity index (χ1) is 59.7. The quantitative estimate of drug-likeness (QED) is 0.0183. The number of anilines is 3. The van der Waals surface area contributed by atoms with Crippen LogP contribution in [-0.4, -0.2) is 129 Å². The average molecular weight is 1670 g/mol. The molecule has 6 aliphatic rings. The Kier molecular flexibility index (Phi) is 21.7. The molecule has 0 radical (unpaired) electrons. The number of rotatable bonds is 21. The van der Waals surface area contributed by atoms with Crippen LogP contribution in [0.4, 0.5) is 34.1 Å². The van der Waals surface area contributed by atoms with Gasteiger partial charge in [0.1, 0.15) is 11.5 Å². The molecular formula is C91H57N13O19S. The summed E-state index contributed by atoms with van der Waals surface area (Å²) in [6.45, 7) is 0. The second-order valence-corrected chi connectivity index (χ2v) is 29.5. The van der Waals surface area contributed by atoms with Crippen molar-refractivity contribution < 1.29 is 90.7 Å². The van der Waals surface area contributed by atoms with E-state index in [1.165, 1.54) is 115 Å². The van der Waals surface area contributed by atoms with Gasteiger partial charge in [-0.05, 0) is 200 Å². The molecule has 0 saturated carbocycles. The number of hydrogen-bond acceptors (Lipinski definition) is 23. The van der Waals surface area contributed by atoms with E-state index in [-0.39, 0.29) is 120 Å². The van der Waals surface area contributed by atoms with Gasteiger partial charge in [-0.2, -0.15) is 0 Å². The molecule has 0 fully saturated rings. The summed E-state index contributed by atoms with van der Waals surface area (Å²) >= 11 is 1.41. The number of benzene rings is 9. The van der Waals surface area contributed by atoms with Crippen molar-refractivity contribution in [1.29, 1.82) is 0 Å². The lowest BCUT2D eigenvalue weighted by atomic mass is 10.0. The Hall–Kier alpha value is -17.5. The first kappa shape index (κ1) is 80.3. The molecule has 606 valence electrons. The molecule has 0 unspecified atom stereocenters. The number of amides is 15. The highest BCUT2D eigenvalue weighted by molar-refractivity contribution is 7.13. The van der Waals surface area contributed by atoms with Crippen LogP contribution >= 0.6 is 11.3 Å². The van der Waals surface area contributed by atoms with Crippen molar-refractivity contribution in [1.82, 2.24) is 36.5 Å². The molecule has 0 spiro atoms. The maximum Gasteiger partial charge on any atom is 0.258 e. The van der Waals surface area contributed by atoms with Gasteiger partial charge in [0.15, 0.2) is 17.3 Å². The van der Waals surface area contributed by atoms with Gasteiger partial charge in [0.2, 0.25) is 0 Å². The number of carbonyl (C=O) groups is 18. The first-order valence-corrected chi connectivity index (χ1v) is 38.3. The molecule has 0 saturated heterocycles. The number of carbonyl (C=O) groups excluding carboxylic acids is 18. The van der Waals surface area contributed by atoms with Gasteiger partial charge in [-0.1, -0.05) is 18.2 Å². The number of fused-ring (bicyclic) bond motifs is 6. The maximum absolute atomic E-state index is 12.9. The first-order valence-electron chi connectivity index (χ1n) is 37.4. The third-order valence-electron chi connectivity index (χ3n) is 20.2. The minimum Gasteiger partial charge on any atom is -0.460 e. The molecule has 0 bridgehead atoms. The molecule has 6 aliphatic heterocycles. The van der Waals surface area contributed by atoms with Crippen LogP contribution in [0.25, 0.3) is 0 Å². The highest BCUT2D eigenvalue weighted by Gasteiger charge is 2.34. The summed E-state index contributed by atoms with van der Waals surface area (Å²) in [5.41, 5.74) is 9.21. The van der Waals surface area contributed by atoms with Crippen LogP contribution in [0.1, 0.15) is 219 Å². The largest absolute Gasteiger partial charge is 0.460 e. The number of aromatic nitrogens is 1. The van der Waals surface area contributed by atoms with Crippen LogP contribution in [-0.2, 0) is 26.3 Å². The van der Waals surface area contributed by atoms with Crippen LogP contribution in [0.5, 0.6) is 0 Å². The van der Waals surface area contributed by atoms with Crippen LogP contribution in [0.15, 0.2) is 238 Å². The van der Waals surface area contributed by atoms with Crippen molar-refractivity contribution in [3.63, 3.8) is 0 Å². The zero-order valence-corrected chi connectivity index (χ0v) is 64.9. The molecule has 0 atom stereocenters. The Morgan fingerprint density at radius 2 is 0.621 bits per heavy atom. The van der Waals surface area contributed by atoms with E-state index in [9.17, 15) is 86.3 Å². The predicted molar refractivity (Wildman–Crippen MR) is 447 cm³/mol. The number of hydrogen-bond donors (Lipinski definition) is 9. The predicted octanol–water partition coefficient (Wildman–Crippen LogP) is 10.6. The molecule has 9 heterocycles. The van der Waals surface area contributed by atoms with E-state index in [4.69, 9.17) is 4.42 Å². The van der Waals surface area contributed by atoms with E-state index in [1.54, 1.807) is 109 Å². The summed E-state index contributed by atoms with van der Waals surface area (Å²) in [5.74, 6) is -7.09. The van der Waals surface area contributed by atoms with E-state index < -0.39 is 88.6 Å². The number of imide groups is 6. The molecular weight excluding hydrogens is 1610 g/mol. The molecule has 124 heavy (non-hydrogen) atoms. The van der Waals surface area contributed by atoms with E-state index >= 15 is 0 Å². The summed E-state index contributed by atoms with van der Waals surface area (Å²) in [6, 6.07) is 57.3. The maximum atomic E-state index is 12.9. The summed E-state index contributed by atoms with van der Waals surface area (Å²) in [7, 11) is 1.82. The normalized spacial score (nSPS) is 13.7. The van der Waals surface area contributed by atoms with Gasteiger partial charge >= 0.3 is 0 Å². The smallest absolute Gasteiger partial charge is 0.258 e. The van der Waals surface area contributed by atoms with Gasteiger partial charge in [-0.25, -0.2) is 0 Å². The SMILES string of the molecule is Cn1c(C=Nc2ccc(NC(=O)c3ccc4c(c3)C(=O)NC4=O)cc2)ccc1CC(=O)c1ccc2c(c1)C(=O)NC2=O.O=C(Cc1ccc(C=Nc2ccc(NC(=O)c3ccc4c(c3)C(=O)NC4=O)cc2)o1)c1ccc2c(c1)C(=O)NC2=O.O=C(Cc1ccc(C=Nc2ccc(NC(=O)c3ccc4c(c3)C(=O)NC4=O)cc2)s1)c1ccc2c(c1)C(=O)NC2=O. The van der Waals surface area contributed by atoms with Crippen molar-refractivity contribution in [3.05, 3.63) is 351 Å². The number of thiophene rings is 1. The Morgan fingerprint density at radius 1 is 0.315 bits per heavy atom. The lowest BCUT2D eigenvalue weighted by Crippen LogP contribution is -2.19.